The fourth-order valence-corrected chi connectivity index (χ4v) is 1.62. The lowest BCUT2D eigenvalue weighted by Gasteiger charge is -2.09. The van der Waals surface area contributed by atoms with Crippen LogP contribution in [0.3, 0.4) is 0 Å². The van der Waals surface area contributed by atoms with E-state index >= 15 is 0 Å². The molecule has 4 nitrogen and oxygen atoms in total. The van der Waals surface area contributed by atoms with E-state index in [9.17, 15) is 26.4 Å². The molecule has 1 aromatic carbocycles. The van der Waals surface area contributed by atoms with Gasteiger partial charge in [-0.25, -0.2) is 13.6 Å². The second-order valence-corrected chi connectivity index (χ2v) is 4.47. The zero-order valence-electron chi connectivity index (χ0n) is 7.65. The Balaban J connectivity index is 3.46. The maximum absolute atomic E-state index is 12.3. The summed E-state index contributed by atoms with van der Waals surface area (Å²) in [5.41, 5.74) is -1.96. The molecular weight excluding hydrogens is 247 g/mol. The molecule has 0 aliphatic heterocycles. The van der Waals surface area contributed by atoms with Crippen LogP contribution in [0.2, 0.25) is 0 Å². The van der Waals surface area contributed by atoms with Gasteiger partial charge in [0.15, 0.2) is 6.29 Å². The van der Waals surface area contributed by atoms with Gasteiger partial charge in [-0.2, -0.15) is 13.2 Å². The summed E-state index contributed by atoms with van der Waals surface area (Å²) in [5.74, 6) is 0. The highest BCUT2D eigenvalue weighted by molar-refractivity contribution is 7.89. The fraction of sp³-hybridized carbons (Fsp3) is 0.125. The Morgan fingerprint density at radius 2 is 1.81 bits per heavy atom. The van der Waals surface area contributed by atoms with Gasteiger partial charge in [-0.05, 0) is 18.2 Å². The monoisotopic (exact) mass is 253 g/mol. The number of sulfonamides is 1. The Morgan fingerprint density at radius 1 is 1.25 bits per heavy atom. The number of primary sulfonamides is 1. The van der Waals surface area contributed by atoms with Gasteiger partial charge >= 0.3 is 6.18 Å². The van der Waals surface area contributed by atoms with Crippen LogP contribution in [0.5, 0.6) is 0 Å². The highest BCUT2D eigenvalue weighted by atomic mass is 32.2. The molecule has 16 heavy (non-hydrogen) atoms. The molecule has 0 radical (unpaired) electrons. The third-order valence-electron chi connectivity index (χ3n) is 1.78. The van der Waals surface area contributed by atoms with Crippen molar-refractivity contribution in [2.45, 2.75) is 11.1 Å². The van der Waals surface area contributed by atoms with Gasteiger partial charge in [0.05, 0.1) is 10.5 Å². The van der Waals surface area contributed by atoms with E-state index in [1.54, 1.807) is 0 Å². The summed E-state index contributed by atoms with van der Waals surface area (Å²) in [6.07, 6.45) is -4.79. The number of aldehydes is 1. The van der Waals surface area contributed by atoms with Crippen molar-refractivity contribution in [3.63, 3.8) is 0 Å². The van der Waals surface area contributed by atoms with Gasteiger partial charge in [0, 0.05) is 5.56 Å². The molecule has 0 saturated carbocycles. The Kier molecular flexibility index (Phi) is 3.06. The first-order valence-electron chi connectivity index (χ1n) is 3.85. The van der Waals surface area contributed by atoms with Crippen molar-refractivity contribution in [3.8, 4) is 0 Å². The van der Waals surface area contributed by atoms with Gasteiger partial charge in [-0.1, -0.05) is 0 Å². The summed E-state index contributed by atoms with van der Waals surface area (Å²) in [4.78, 5) is 9.88. The molecule has 0 bridgehead atoms. The molecule has 8 heteroatoms. The number of carbonyl (C=O) groups excluding carboxylic acids is 1. The number of hydrogen-bond donors (Lipinski definition) is 1. The normalized spacial score (nSPS) is 12.5. The average Bonchev–Trinajstić information content (AvgIpc) is 2.14. The Morgan fingerprint density at radius 3 is 2.19 bits per heavy atom. The standard InChI is InChI=1S/C8H6F3NO3S/c9-8(10,11)7-2-1-6(16(12,14)15)3-5(7)4-13/h1-4H,(H2,12,14,15). The van der Waals surface area contributed by atoms with E-state index in [0.29, 0.717) is 18.2 Å². The maximum Gasteiger partial charge on any atom is 0.417 e. The Labute approximate surface area is 88.9 Å². The van der Waals surface area contributed by atoms with Crippen molar-refractivity contribution in [1.29, 1.82) is 0 Å². The molecule has 0 saturated heterocycles. The average molecular weight is 253 g/mol. The van der Waals surface area contributed by atoms with E-state index in [4.69, 9.17) is 5.14 Å². The molecule has 0 spiro atoms. The first-order valence-corrected chi connectivity index (χ1v) is 5.40. The largest absolute Gasteiger partial charge is 0.417 e. The lowest BCUT2D eigenvalue weighted by molar-refractivity contribution is -0.137. The molecule has 0 fully saturated rings. The van der Waals surface area contributed by atoms with E-state index in [2.05, 4.69) is 0 Å². The smallest absolute Gasteiger partial charge is 0.298 e. The van der Waals surface area contributed by atoms with Crippen LogP contribution in [-0.4, -0.2) is 14.7 Å². The fourth-order valence-electron chi connectivity index (χ4n) is 1.07. The summed E-state index contributed by atoms with van der Waals surface area (Å²) in [6.45, 7) is 0. The van der Waals surface area contributed by atoms with E-state index in [1.165, 1.54) is 0 Å². The van der Waals surface area contributed by atoms with Gasteiger partial charge in [-0.3, -0.25) is 4.79 Å². The predicted octanol–water partition coefficient (Wildman–Crippen LogP) is 1.17. The summed E-state index contributed by atoms with van der Waals surface area (Å²) in [6, 6.07) is 1.79. The topological polar surface area (TPSA) is 77.2 Å². The maximum atomic E-state index is 12.3. The molecule has 0 aliphatic rings. The van der Waals surface area contributed by atoms with Crippen molar-refractivity contribution in [1.82, 2.24) is 0 Å². The van der Waals surface area contributed by atoms with Gasteiger partial charge < -0.3 is 0 Å². The van der Waals surface area contributed by atoms with Crippen LogP contribution in [-0.2, 0) is 16.2 Å². The quantitative estimate of drug-likeness (QED) is 0.803. The van der Waals surface area contributed by atoms with Crippen molar-refractivity contribution >= 4 is 16.3 Å². The minimum atomic E-state index is -4.72. The summed E-state index contributed by atoms with van der Waals surface area (Å²) in [7, 11) is -4.12. The number of nitrogens with two attached hydrogens (primary N) is 1. The third kappa shape index (κ3) is 2.58. The molecule has 0 aromatic heterocycles. The van der Waals surface area contributed by atoms with E-state index in [0.717, 1.165) is 0 Å². The molecule has 88 valence electrons. The van der Waals surface area contributed by atoms with Crippen LogP contribution in [0.25, 0.3) is 0 Å². The number of benzene rings is 1. The molecule has 0 atom stereocenters. The van der Waals surface area contributed by atoms with Gasteiger partial charge in [-0.15, -0.1) is 0 Å². The Bertz CT molecular complexity index is 522. The minimum Gasteiger partial charge on any atom is -0.298 e. The highest BCUT2D eigenvalue weighted by Gasteiger charge is 2.33. The zero-order valence-corrected chi connectivity index (χ0v) is 8.47. The van der Waals surface area contributed by atoms with Crippen LogP contribution in [0.4, 0.5) is 13.2 Å². The first kappa shape index (κ1) is 12.7. The number of hydrogen-bond acceptors (Lipinski definition) is 3. The number of carbonyl (C=O) groups is 1. The molecular formula is C8H6F3NO3S. The van der Waals surface area contributed by atoms with Crippen molar-refractivity contribution in [2.24, 2.45) is 5.14 Å². The van der Waals surface area contributed by atoms with Crippen LogP contribution >= 0.6 is 0 Å². The summed E-state index contributed by atoms with van der Waals surface area (Å²) in [5, 5.41) is 4.71. The van der Waals surface area contributed by atoms with E-state index in [-0.39, 0.29) is 6.29 Å². The molecule has 0 amide bonds. The second-order valence-electron chi connectivity index (χ2n) is 2.91. The van der Waals surface area contributed by atoms with Gasteiger partial charge in [0.2, 0.25) is 10.0 Å². The minimum absolute atomic E-state index is 0.0719. The molecule has 1 aromatic rings. The highest BCUT2D eigenvalue weighted by Crippen LogP contribution is 2.32. The van der Waals surface area contributed by atoms with Crippen LogP contribution in [0.15, 0.2) is 23.1 Å². The summed E-state index contributed by atoms with van der Waals surface area (Å²) < 4.78 is 58.7. The summed E-state index contributed by atoms with van der Waals surface area (Å²) >= 11 is 0. The number of halogens is 3. The number of alkyl halides is 3. The van der Waals surface area contributed by atoms with Crippen LogP contribution in [0.1, 0.15) is 15.9 Å². The molecule has 2 N–H and O–H groups in total. The molecule has 1 rings (SSSR count). The van der Waals surface area contributed by atoms with Crippen molar-refractivity contribution in [3.05, 3.63) is 29.3 Å². The molecule has 0 aliphatic carbocycles. The predicted molar refractivity (Wildman–Crippen MR) is 48.2 cm³/mol. The van der Waals surface area contributed by atoms with E-state index in [1.807, 2.05) is 0 Å². The third-order valence-corrected chi connectivity index (χ3v) is 2.69. The molecule has 0 unspecified atom stereocenters. The zero-order chi connectivity index (χ0) is 12.6. The van der Waals surface area contributed by atoms with Gasteiger partial charge in [0.1, 0.15) is 0 Å². The van der Waals surface area contributed by atoms with Crippen molar-refractivity contribution in [2.75, 3.05) is 0 Å². The van der Waals surface area contributed by atoms with Gasteiger partial charge in [0.25, 0.3) is 0 Å². The SMILES string of the molecule is NS(=O)(=O)c1ccc(C(F)(F)F)c(C=O)c1. The van der Waals surface area contributed by atoms with Crippen LogP contribution < -0.4 is 5.14 Å². The van der Waals surface area contributed by atoms with E-state index < -0.39 is 32.2 Å². The second kappa shape index (κ2) is 3.87. The first-order chi connectivity index (χ1) is 7.16. The number of rotatable bonds is 2. The lowest BCUT2D eigenvalue weighted by Crippen LogP contribution is -2.15. The molecule has 0 heterocycles. The lowest BCUT2D eigenvalue weighted by atomic mass is 10.1. The van der Waals surface area contributed by atoms with Crippen LogP contribution in [0, 0.1) is 0 Å². The Hall–Kier alpha value is -1.41. The van der Waals surface area contributed by atoms with Crippen molar-refractivity contribution < 1.29 is 26.4 Å².